The molecule has 3 rings (SSSR count). The Hall–Kier alpha value is -3.07. The second kappa shape index (κ2) is 6.36. The lowest BCUT2D eigenvalue weighted by Gasteiger charge is -2.19. The molecule has 0 spiro atoms. The van der Waals surface area contributed by atoms with Crippen molar-refractivity contribution in [1.82, 2.24) is 0 Å². The van der Waals surface area contributed by atoms with Crippen LogP contribution in [0.4, 0.5) is 0 Å². The first-order valence-electron chi connectivity index (χ1n) is 7.31. The Labute approximate surface area is 134 Å². The maximum Gasteiger partial charge on any atom is 0.153 e. The van der Waals surface area contributed by atoms with Crippen molar-refractivity contribution in [1.29, 1.82) is 0 Å². The van der Waals surface area contributed by atoms with Crippen LogP contribution in [-0.2, 0) is 0 Å². The van der Waals surface area contributed by atoms with Crippen LogP contribution in [0.2, 0.25) is 0 Å². The highest BCUT2D eigenvalue weighted by atomic mass is 16.3. The molecule has 0 aliphatic carbocycles. The summed E-state index contributed by atoms with van der Waals surface area (Å²) in [5, 5.41) is 19.2. The van der Waals surface area contributed by atoms with E-state index in [2.05, 4.69) is 0 Å². The maximum absolute atomic E-state index is 11.1. The average molecular weight is 304 g/mol. The Morgan fingerprint density at radius 1 is 0.739 bits per heavy atom. The molecule has 0 bridgehead atoms. The van der Waals surface area contributed by atoms with Crippen molar-refractivity contribution in [3.05, 3.63) is 95.1 Å². The number of aldehydes is 1. The fourth-order valence-corrected chi connectivity index (χ4v) is 2.74. The van der Waals surface area contributed by atoms with Gasteiger partial charge < -0.3 is 10.2 Å². The van der Waals surface area contributed by atoms with Crippen LogP contribution >= 0.6 is 0 Å². The first-order chi connectivity index (χ1) is 11.2. The van der Waals surface area contributed by atoms with Gasteiger partial charge in [-0.15, -0.1) is 0 Å². The van der Waals surface area contributed by atoms with Crippen molar-refractivity contribution in [3.63, 3.8) is 0 Å². The number of hydrogen-bond donors (Lipinski definition) is 2. The predicted molar refractivity (Wildman–Crippen MR) is 89.0 cm³/mol. The predicted octanol–water partition coefficient (Wildman–Crippen LogP) is 4.09. The fourth-order valence-electron chi connectivity index (χ4n) is 2.74. The van der Waals surface area contributed by atoms with E-state index in [9.17, 15) is 15.0 Å². The second-order valence-corrected chi connectivity index (χ2v) is 5.37. The molecule has 0 aliphatic rings. The standard InChI is InChI=1S/C20H16O3/c21-13-17-12-16(8-11-19(17)23)20(14-4-2-1-3-5-14)15-6-9-18(22)10-7-15/h1-13,20,22-23H. The molecule has 0 saturated heterocycles. The minimum Gasteiger partial charge on any atom is -0.508 e. The number of rotatable bonds is 4. The Morgan fingerprint density at radius 2 is 1.35 bits per heavy atom. The summed E-state index contributed by atoms with van der Waals surface area (Å²) < 4.78 is 0. The number of aromatic hydroxyl groups is 2. The average Bonchev–Trinajstić information content (AvgIpc) is 2.59. The Balaban J connectivity index is 2.16. The molecule has 0 fully saturated rings. The van der Waals surface area contributed by atoms with Gasteiger partial charge in [-0.05, 0) is 41.0 Å². The normalized spacial score (nSPS) is 11.8. The smallest absolute Gasteiger partial charge is 0.153 e. The number of hydrogen-bond acceptors (Lipinski definition) is 3. The van der Waals surface area contributed by atoms with Crippen LogP contribution in [0.1, 0.15) is 33.0 Å². The van der Waals surface area contributed by atoms with E-state index in [0.29, 0.717) is 6.29 Å². The maximum atomic E-state index is 11.1. The van der Waals surface area contributed by atoms with Gasteiger partial charge in [0.1, 0.15) is 11.5 Å². The number of benzene rings is 3. The van der Waals surface area contributed by atoms with Crippen molar-refractivity contribution in [2.75, 3.05) is 0 Å². The lowest BCUT2D eigenvalue weighted by atomic mass is 9.84. The van der Waals surface area contributed by atoms with Gasteiger partial charge in [0, 0.05) is 5.92 Å². The van der Waals surface area contributed by atoms with Gasteiger partial charge in [0.25, 0.3) is 0 Å². The molecule has 3 aromatic rings. The van der Waals surface area contributed by atoms with E-state index in [0.717, 1.165) is 16.7 Å². The van der Waals surface area contributed by atoms with Crippen LogP contribution in [0.3, 0.4) is 0 Å². The van der Waals surface area contributed by atoms with Gasteiger partial charge in [-0.1, -0.05) is 48.5 Å². The topological polar surface area (TPSA) is 57.5 Å². The minimum absolute atomic E-state index is 0.0266. The largest absolute Gasteiger partial charge is 0.508 e. The summed E-state index contributed by atoms with van der Waals surface area (Å²) in [7, 11) is 0. The van der Waals surface area contributed by atoms with Gasteiger partial charge in [-0.2, -0.15) is 0 Å². The third kappa shape index (κ3) is 3.09. The molecule has 0 aliphatic heterocycles. The molecule has 1 unspecified atom stereocenters. The van der Waals surface area contributed by atoms with E-state index >= 15 is 0 Å². The molecule has 3 aromatic carbocycles. The lowest BCUT2D eigenvalue weighted by Crippen LogP contribution is -2.04. The zero-order chi connectivity index (χ0) is 16.2. The molecule has 0 aromatic heterocycles. The third-order valence-electron chi connectivity index (χ3n) is 3.87. The number of phenols is 2. The van der Waals surface area contributed by atoms with Crippen molar-refractivity contribution in [2.45, 2.75) is 5.92 Å². The highest BCUT2D eigenvalue weighted by molar-refractivity contribution is 5.79. The fraction of sp³-hybridized carbons (Fsp3) is 0.0500. The summed E-state index contributed by atoms with van der Waals surface area (Å²) in [5.41, 5.74) is 3.24. The summed E-state index contributed by atoms with van der Waals surface area (Å²) in [4.78, 5) is 11.1. The second-order valence-electron chi connectivity index (χ2n) is 5.37. The molecule has 0 saturated carbocycles. The summed E-state index contributed by atoms with van der Waals surface area (Å²) in [6, 6.07) is 22.0. The molecule has 3 nitrogen and oxygen atoms in total. The van der Waals surface area contributed by atoms with Gasteiger partial charge >= 0.3 is 0 Å². The van der Waals surface area contributed by atoms with Crippen molar-refractivity contribution >= 4 is 6.29 Å². The van der Waals surface area contributed by atoms with Gasteiger partial charge in [0.15, 0.2) is 6.29 Å². The quantitative estimate of drug-likeness (QED) is 0.564. The first-order valence-corrected chi connectivity index (χ1v) is 7.31. The van der Waals surface area contributed by atoms with E-state index < -0.39 is 0 Å². The molecule has 3 heteroatoms. The van der Waals surface area contributed by atoms with E-state index in [1.807, 2.05) is 48.5 Å². The molecule has 114 valence electrons. The molecule has 1 atom stereocenters. The van der Waals surface area contributed by atoms with Crippen LogP contribution in [0.25, 0.3) is 0 Å². The Morgan fingerprint density at radius 3 is 2.00 bits per heavy atom. The molecule has 23 heavy (non-hydrogen) atoms. The highest BCUT2D eigenvalue weighted by Gasteiger charge is 2.18. The number of carbonyl (C=O) groups is 1. The number of carbonyl (C=O) groups excluding carboxylic acids is 1. The molecular weight excluding hydrogens is 288 g/mol. The molecule has 0 amide bonds. The zero-order valence-electron chi connectivity index (χ0n) is 12.4. The zero-order valence-corrected chi connectivity index (χ0v) is 12.4. The van der Waals surface area contributed by atoms with E-state index in [1.165, 1.54) is 6.07 Å². The third-order valence-corrected chi connectivity index (χ3v) is 3.87. The van der Waals surface area contributed by atoms with E-state index in [1.54, 1.807) is 18.2 Å². The summed E-state index contributed by atoms with van der Waals surface area (Å²) in [6.45, 7) is 0. The van der Waals surface area contributed by atoms with Crippen molar-refractivity contribution < 1.29 is 15.0 Å². The van der Waals surface area contributed by atoms with Crippen molar-refractivity contribution in [3.8, 4) is 11.5 Å². The SMILES string of the molecule is O=Cc1cc(C(c2ccccc2)c2ccc(O)cc2)ccc1O. The van der Waals surface area contributed by atoms with Gasteiger partial charge in [-0.25, -0.2) is 0 Å². The first kappa shape index (κ1) is 14.9. The summed E-state index contributed by atoms with van der Waals surface area (Å²) >= 11 is 0. The minimum atomic E-state index is -0.0869. The summed E-state index contributed by atoms with van der Waals surface area (Å²) in [5.74, 6) is 0.0946. The van der Waals surface area contributed by atoms with Crippen LogP contribution < -0.4 is 0 Å². The van der Waals surface area contributed by atoms with Crippen LogP contribution in [0.15, 0.2) is 72.8 Å². The van der Waals surface area contributed by atoms with Crippen molar-refractivity contribution in [2.24, 2.45) is 0 Å². The Bertz CT molecular complexity index is 808. The molecule has 0 heterocycles. The molecule has 2 N–H and O–H groups in total. The summed E-state index contributed by atoms with van der Waals surface area (Å²) in [6.07, 6.45) is 0.651. The van der Waals surface area contributed by atoms with Crippen LogP contribution in [-0.4, -0.2) is 16.5 Å². The lowest BCUT2D eigenvalue weighted by molar-refractivity contribution is 0.112. The van der Waals surface area contributed by atoms with Gasteiger partial charge in [0.05, 0.1) is 5.56 Å². The van der Waals surface area contributed by atoms with Gasteiger partial charge in [-0.3, -0.25) is 4.79 Å². The van der Waals surface area contributed by atoms with E-state index in [4.69, 9.17) is 0 Å². The molecular formula is C20H16O3. The van der Waals surface area contributed by atoms with Gasteiger partial charge in [0.2, 0.25) is 0 Å². The van der Waals surface area contributed by atoms with E-state index in [-0.39, 0.29) is 23.0 Å². The Kier molecular flexibility index (Phi) is 4.11. The highest BCUT2D eigenvalue weighted by Crippen LogP contribution is 2.34. The monoisotopic (exact) mass is 304 g/mol. The van der Waals surface area contributed by atoms with Crippen LogP contribution in [0.5, 0.6) is 11.5 Å². The number of phenolic OH excluding ortho intramolecular Hbond substituents is 2. The van der Waals surface area contributed by atoms with Crippen LogP contribution in [0, 0.1) is 0 Å². The molecule has 0 radical (unpaired) electrons.